The predicted molar refractivity (Wildman–Crippen MR) is 136 cm³/mol. The maximum Gasteiger partial charge on any atom is 0.0904 e. The first-order chi connectivity index (χ1) is 11.8. The van der Waals surface area contributed by atoms with Crippen molar-refractivity contribution in [2.75, 3.05) is 0 Å². The molecule has 0 aliphatic heterocycles. The molecule has 1 aromatic heterocycles. The molecular formula is C21H35S2Si3. The first kappa shape index (κ1) is 22.2. The van der Waals surface area contributed by atoms with Crippen LogP contribution in [-0.4, -0.2) is 24.9 Å². The molecule has 0 fully saturated rings. The number of aryl methyl sites for hydroxylation is 1. The van der Waals surface area contributed by atoms with E-state index < -0.39 is 24.9 Å². The van der Waals surface area contributed by atoms with Crippen LogP contribution in [0.15, 0.2) is 10.6 Å². The van der Waals surface area contributed by atoms with Crippen LogP contribution in [0.4, 0.5) is 0 Å². The van der Waals surface area contributed by atoms with Gasteiger partial charge in [0.2, 0.25) is 0 Å². The number of rotatable bonds is 5. The Morgan fingerprint density at radius 2 is 1.69 bits per heavy atom. The van der Waals surface area contributed by atoms with Gasteiger partial charge in [-0.1, -0.05) is 59.3 Å². The summed E-state index contributed by atoms with van der Waals surface area (Å²) in [6.07, 6.45) is 3.51. The Labute approximate surface area is 174 Å². The summed E-state index contributed by atoms with van der Waals surface area (Å²) in [4.78, 5) is 0. The van der Waals surface area contributed by atoms with Crippen molar-refractivity contribution in [2.24, 2.45) is 0 Å². The lowest BCUT2D eigenvalue weighted by Crippen LogP contribution is -2.41. The smallest absolute Gasteiger partial charge is 0.0904 e. The predicted octanol–water partition coefficient (Wildman–Crippen LogP) is 6.43. The van der Waals surface area contributed by atoms with Crippen LogP contribution < -0.4 is 9.69 Å². The van der Waals surface area contributed by atoms with E-state index in [0.717, 1.165) is 6.42 Å². The molecular weight excluding hydrogens is 401 g/mol. The van der Waals surface area contributed by atoms with Crippen molar-refractivity contribution in [1.29, 1.82) is 0 Å². The van der Waals surface area contributed by atoms with E-state index in [1.54, 1.807) is 20.6 Å². The summed E-state index contributed by atoms with van der Waals surface area (Å²) >= 11 is 6.92. The van der Waals surface area contributed by atoms with Crippen LogP contribution in [0.1, 0.15) is 23.6 Å². The number of thiol groups is 1. The summed E-state index contributed by atoms with van der Waals surface area (Å²) in [6, 6.07) is 2.57. The van der Waals surface area contributed by atoms with Gasteiger partial charge >= 0.3 is 0 Å². The lowest BCUT2D eigenvalue weighted by atomic mass is 9.97. The lowest BCUT2D eigenvalue weighted by Gasteiger charge is -2.25. The molecule has 0 amide bonds. The SMILES string of the molecule is CCc1c(C=C(S)[Si](C)C)c(C)c2sc([Si](C)(C)C)cc2c1[Si](C)(C)C. The first-order valence-electron chi connectivity index (χ1n) is 9.60. The fourth-order valence-corrected chi connectivity index (χ4v) is 9.48. The molecule has 0 unspecified atom stereocenters. The van der Waals surface area contributed by atoms with Crippen LogP contribution in [-0.2, 0) is 6.42 Å². The van der Waals surface area contributed by atoms with E-state index in [4.69, 9.17) is 12.6 Å². The Morgan fingerprint density at radius 3 is 2.12 bits per heavy atom. The van der Waals surface area contributed by atoms with Gasteiger partial charge in [-0.25, -0.2) is 0 Å². The summed E-state index contributed by atoms with van der Waals surface area (Å²) in [7, 11) is -3.30. The van der Waals surface area contributed by atoms with Gasteiger partial charge in [-0.3, -0.25) is 0 Å². The van der Waals surface area contributed by atoms with Gasteiger partial charge in [0.15, 0.2) is 0 Å². The second-order valence-electron chi connectivity index (χ2n) is 9.63. The van der Waals surface area contributed by atoms with E-state index in [-0.39, 0.29) is 0 Å². The van der Waals surface area contributed by atoms with E-state index in [0.29, 0.717) is 0 Å². The summed E-state index contributed by atoms with van der Waals surface area (Å²) in [5.74, 6) is 0. The summed E-state index contributed by atoms with van der Waals surface area (Å²) in [6.45, 7) is 24.3. The molecule has 2 aromatic rings. The first-order valence-corrected chi connectivity index (χ1v) is 20.4. The average Bonchev–Trinajstić information content (AvgIpc) is 2.92. The topological polar surface area (TPSA) is 0 Å². The molecule has 5 heteroatoms. The highest BCUT2D eigenvalue weighted by atomic mass is 32.1. The van der Waals surface area contributed by atoms with Gasteiger partial charge in [0.1, 0.15) is 0 Å². The zero-order valence-corrected chi connectivity index (χ0v) is 22.9. The third-order valence-corrected chi connectivity index (χ3v) is 14.6. The Morgan fingerprint density at radius 1 is 1.12 bits per heavy atom. The van der Waals surface area contributed by atoms with E-state index in [1.165, 1.54) is 20.4 Å². The van der Waals surface area contributed by atoms with Gasteiger partial charge in [-0.15, -0.1) is 11.3 Å². The number of benzene rings is 1. The molecule has 0 spiro atoms. The van der Waals surface area contributed by atoms with Gasteiger partial charge < -0.3 is 0 Å². The fourth-order valence-electron chi connectivity index (χ4n) is 3.57. The van der Waals surface area contributed by atoms with Gasteiger partial charge in [0.25, 0.3) is 0 Å². The third-order valence-electron chi connectivity index (χ3n) is 5.01. The highest BCUT2D eigenvalue weighted by Gasteiger charge is 2.29. The van der Waals surface area contributed by atoms with Crippen molar-refractivity contribution >= 4 is 74.8 Å². The van der Waals surface area contributed by atoms with Crippen LogP contribution in [0.3, 0.4) is 0 Å². The molecule has 1 aromatic carbocycles. The van der Waals surface area contributed by atoms with E-state index in [2.05, 4.69) is 89.7 Å². The third kappa shape index (κ3) is 4.32. The molecule has 2 rings (SSSR count). The molecule has 0 aliphatic rings. The van der Waals surface area contributed by atoms with Gasteiger partial charge in [-0.2, -0.15) is 12.6 Å². The van der Waals surface area contributed by atoms with Crippen molar-refractivity contribution in [2.45, 2.75) is 72.6 Å². The lowest BCUT2D eigenvalue weighted by molar-refractivity contribution is 1.14. The van der Waals surface area contributed by atoms with Crippen molar-refractivity contribution in [3.63, 3.8) is 0 Å². The molecule has 0 atom stereocenters. The second kappa shape index (κ2) is 7.74. The molecule has 1 heterocycles. The van der Waals surface area contributed by atoms with Crippen molar-refractivity contribution < 1.29 is 0 Å². The Kier molecular flexibility index (Phi) is 6.61. The van der Waals surface area contributed by atoms with Crippen molar-refractivity contribution in [1.82, 2.24) is 0 Å². The average molecular weight is 436 g/mol. The zero-order chi connectivity index (χ0) is 20.0. The van der Waals surface area contributed by atoms with E-state index in [1.807, 2.05) is 0 Å². The van der Waals surface area contributed by atoms with Crippen LogP contribution in [0.2, 0.25) is 52.4 Å². The second-order valence-corrected chi connectivity index (χ2v) is 24.5. The van der Waals surface area contributed by atoms with Crippen LogP contribution in [0.25, 0.3) is 16.2 Å². The number of hydrogen-bond acceptors (Lipinski definition) is 2. The summed E-state index contributed by atoms with van der Waals surface area (Å²) < 4.78 is 4.46. The standard InChI is InChI=1S/C21H35S2Si3/c1-11-15-16(12-18(22)24(3)4)14(2)20-17(21(15)26(8,9)10)13-19(23-20)25(5,6)7/h12-13,22H,11H2,1-10H3. The molecule has 143 valence electrons. The van der Waals surface area contributed by atoms with E-state index in [9.17, 15) is 0 Å². The minimum atomic E-state index is -1.47. The Hall–Kier alpha value is -0.0794. The van der Waals surface area contributed by atoms with Crippen molar-refractivity contribution in [3.8, 4) is 0 Å². The molecule has 0 N–H and O–H groups in total. The maximum absolute atomic E-state index is 4.85. The van der Waals surface area contributed by atoms with Gasteiger partial charge in [-0.05, 0) is 61.8 Å². The molecule has 0 aliphatic carbocycles. The van der Waals surface area contributed by atoms with Crippen LogP contribution in [0, 0.1) is 6.92 Å². The number of fused-ring (bicyclic) bond motifs is 1. The highest BCUT2D eigenvalue weighted by molar-refractivity contribution is 7.87. The monoisotopic (exact) mass is 435 g/mol. The Bertz CT molecular complexity index is 847. The maximum atomic E-state index is 4.85. The van der Waals surface area contributed by atoms with Gasteiger partial charge in [0.05, 0.1) is 24.9 Å². The van der Waals surface area contributed by atoms with Crippen LogP contribution in [0.5, 0.6) is 0 Å². The molecule has 0 bridgehead atoms. The summed E-state index contributed by atoms with van der Waals surface area (Å²) in [5.41, 5.74) is 4.53. The fraction of sp³-hybridized carbons (Fsp3) is 0.524. The van der Waals surface area contributed by atoms with Crippen molar-refractivity contribution in [3.05, 3.63) is 27.3 Å². The minimum absolute atomic E-state index is 0.522. The molecule has 0 saturated carbocycles. The number of thiophene rings is 1. The minimum Gasteiger partial charge on any atom is -0.153 e. The van der Waals surface area contributed by atoms with Gasteiger partial charge in [0, 0.05) is 4.70 Å². The van der Waals surface area contributed by atoms with E-state index >= 15 is 0 Å². The Balaban J connectivity index is 3.01. The zero-order valence-electron chi connectivity index (χ0n) is 18.2. The summed E-state index contributed by atoms with van der Waals surface area (Å²) in [5, 5.41) is 3.26. The molecule has 0 saturated heterocycles. The largest absolute Gasteiger partial charge is 0.153 e. The highest BCUT2D eigenvalue weighted by Crippen LogP contribution is 2.33. The normalized spacial score (nSPS) is 13.9. The molecule has 26 heavy (non-hydrogen) atoms. The number of hydrogen-bond donors (Lipinski definition) is 1. The van der Waals surface area contributed by atoms with Crippen LogP contribution >= 0.6 is 24.0 Å². The molecule has 1 radical (unpaired) electrons. The quantitative estimate of drug-likeness (QED) is 0.406. The molecule has 0 nitrogen and oxygen atoms in total.